The number of fused-ring (bicyclic) bond motifs is 1. The van der Waals surface area contributed by atoms with Crippen molar-refractivity contribution in [3.8, 4) is 0 Å². The molecule has 2 heterocycles. The van der Waals surface area contributed by atoms with Crippen LogP contribution in [0.3, 0.4) is 0 Å². The molecule has 0 fully saturated rings. The maximum atomic E-state index is 10.5. The van der Waals surface area contributed by atoms with Gasteiger partial charge in [0.1, 0.15) is 16.7 Å². The Labute approximate surface area is 89.9 Å². The van der Waals surface area contributed by atoms with Gasteiger partial charge in [0.2, 0.25) is 0 Å². The van der Waals surface area contributed by atoms with Crippen molar-refractivity contribution < 1.29 is 4.79 Å². The second kappa shape index (κ2) is 3.53. The Morgan fingerprint density at radius 1 is 1.57 bits per heavy atom. The minimum Gasteiger partial charge on any atom is -0.303 e. The normalized spacial score (nSPS) is 10.7. The van der Waals surface area contributed by atoms with E-state index in [0.29, 0.717) is 6.42 Å². The van der Waals surface area contributed by atoms with Gasteiger partial charge >= 0.3 is 0 Å². The SMILES string of the molecule is Cc1nc(Br)c2cccc(CC=O)n12. The van der Waals surface area contributed by atoms with Crippen LogP contribution in [0.1, 0.15) is 11.5 Å². The van der Waals surface area contributed by atoms with Gasteiger partial charge in [0.05, 0.1) is 5.52 Å². The van der Waals surface area contributed by atoms with E-state index in [1.807, 2.05) is 29.5 Å². The number of nitrogens with zero attached hydrogens (tertiary/aromatic N) is 2. The Bertz CT molecular complexity index is 490. The van der Waals surface area contributed by atoms with E-state index in [-0.39, 0.29) is 0 Å². The van der Waals surface area contributed by atoms with Crippen molar-refractivity contribution in [1.82, 2.24) is 9.38 Å². The molecule has 72 valence electrons. The lowest BCUT2D eigenvalue weighted by Gasteiger charge is -2.02. The molecular weight excluding hydrogens is 244 g/mol. The number of halogens is 1. The number of aryl methyl sites for hydroxylation is 1. The lowest BCUT2D eigenvalue weighted by atomic mass is 10.2. The molecule has 0 spiro atoms. The Hall–Kier alpha value is -1.16. The molecule has 0 aromatic carbocycles. The van der Waals surface area contributed by atoms with Crippen LogP contribution in [-0.2, 0) is 11.2 Å². The third kappa shape index (κ3) is 1.35. The standard InChI is InChI=1S/C10H9BrN2O/c1-7-12-10(11)9-4-2-3-8(5-6-14)13(7)9/h2-4,6H,5H2,1H3. The van der Waals surface area contributed by atoms with Gasteiger partial charge in [-0.2, -0.15) is 0 Å². The predicted octanol–water partition coefficient (Wildman–Crippen LogP) is 2.15. The zero-order valence-electron chi connectivity index (χ0n) is 7.70. The highest BCUT2D eigenvalue weighted by atomic mass is 79.9. The average Bonchev–Trinajstić information content (AvgIpc) is 2.44. The van der Waals surface area contributed by atoms with Crippen LogP contribution in [0, 0.1) is 6.92 Å². The summed E-state index contributed by atoms with van der Waals surface area (Å²) in [5.74, 6) is 0.893. The van der Waals surface area contributed by atoms with Crippen LogP contribution >= 0.6 is 15.9 Å². The molecule has 3 nitrogen and oxygen atoms in total. The van der Waals surface area contributed by atoms with Gasteiger partial charge in [-0.25, -0.2) is 4.98 Å². The van der Waals surface area contributed by atoms with E-state index >= 15 is 0 Å². The third-order valence-corrected chi connectivity index (χ3v) is 2.74. The molecule has 0 unspecified atom stereocenters. The highest BCUT2D eigenvalue weighted by Crippen LogP contribution is 2.20. The molecule has 2 aromatic heterocycles. The first-order valence-corrected chi connectivity index (χ1v) is 5.09. The lowest BCUT2D eigenvalue weighted by Crippen LogP contribution is -1.98. The fraction of sp³-hybridized carbons (Fsp3) is 0.200. The van der Waals surface area contributed by atoms with Gasteiger partial charge < -0.3 is 4.79 Å². The molecule has 0 atom stereocenters. The summed E-state index contributed by atoms with van der Waals surface area (Å²) < 4.78 is 2.81. The van der Waals surface area contributed by atoms with Gasteiger partial charge in [-0.1, -0.05) is 6.07 Å². The zero-order chi connectivity index (χ0) is 10.1. The summed E-state index contributed by atoms with van der Waals surface area (Å²) in [5, 5.41) is 0. The van der Waals surface area contributed by atoms with E-state index in [0.717, 1.165) is 27.9 Å². The summed E-state index contributed by atoms with van der Waals surface area (Å²) in [5.41, 5.74) is 1.97. The number of hydrogen-bond donors (Lipinski definition) is 0. The van der Waals surface area contributed by atoms with Crippen molar-refractivity contribution in [2.24, 2.45) is 0 Å². The van der Waals surface area contributed by atoms with Crippen molar-refractivity contribution in [1.29, 1.82) is 0 Å². The molecule has 0 aliphatic rings. The molecule has 0 saturated heterocycles. The zero-order valence-corrected chi connectivity index (χ0v) is 9.28. The molecule has 4 heteroatoms. The molecule has 2 rings (SSSR count). The highest BCUT2D eigenvalue weighted by molar-refractivity contribution is 9.10. The number of hydrogen-bond acceptors (Lipinski definition) is 2. The van der Waals surface area contributed by atoms with E-state index in [2.05, 4.69) is 20.9 Å². The number of carbonyl (C=O) groups excluding carboxylic acids is 1. The highest BCUT2D eigenvalue weighted by Gasteiger charge is 2.07. The van der Waals surface area contributed by atoms with E-state index in [1.165, 1.54) is 0 Å². The van der Waals surface area contributed by atoms with E-state index in [4.69, 9.17) is 0 Å². The van der Waals surface area contributed by atoms with Gasteiger partial charge in [0.15, 0.2) is 0 Å². The van der Waals surface area contributed by atoms with Gasteiger partial charge in [0, 0.05) is 12.1 Å². The average molecular weight is 253 g/mol. The number of aldehydes is 1. The van der Waals surface area contributed by atoms with Crippen molar-refractivity contribution in [2.45, 2.75) is 13.3 Å². The first-order chi connectivity index (χ1) is 6.74. The summed E-state index contributed by atoms with van der Waals surface area (Å²) >= 11 is 3.38. The van der Waals surface area contributed by atoms with Crippen LogP contribution in [0.2, 0.25) is 0 Å². The Morgan fingerprint density at radius 3 is 3.07 bits per heavy atom. The van der Waals surface area contributed by atoms with Crippen molar-refractivity contribution >= 4 is 27.7 Å². The Kier molecular flexibility index (Phi) is 2.37. The van der Waals surface area contributed by atoms with Crippen LogP contribution in [0.5, 0.6) is 0 Å². The molecular formula is C10H9BrN2O. The topological polar surface area (TPSA) is 34.4 Å². The molecule has 0 aliphatic carbocycles. The molecule has 0 bridgehead atoms. The summed E-state index contributed by atoms with van der Waals surface area (Å²) in [6, 6.07) is 5.83. The fourth-order valence-electron chi connectivity index (χ4n) is 1.59. The van der Waals surface area contributed by atoms with Crippen LogP contribution < -0.4 is 0 Å². The van der Waals surface area contributed by atoms with E-state index in [9.17, 15) is 4.79 Å². The number of rotatable bonds is 2. The fourth-order valence-corrected chi connectivity index (χ4v) is 2.16. The summed E-state index contributed by atoms with van der Waals surface area (Å²) in [7, 11) is 0. The quantitative estimate of drug-likeness (QED) is 0.768. The molecule has 0 amide bonds. The first-order valence-electron chi connectivity index (χ1n) is 4.30. The van der Waals surface area contributed by atoms with Crippen molar-refractivity contribution in [3.63, 3.8) is 0 Å². The molecule has 0 aliphatic heterocycles. The monoisotopic (exact) mass is 252 g/mol. The van der Waals surface area contributed by atoms with Crippen molar-refractivity contribution in [3.05, 3.63) is 34.3 Å². The minimum absolute atomic E-state index is 0.418. The van der Waals surface area contributed by atoms with Crippen LogP contribution in [-0.4, -0.2) is 15.7 Å². The summed E-state index contributed by atoms with van der Waals surface area (Å²) in [6.45, 7) is 1.92. The number of pyridine rings is 1. The molecule has 14 heavy (non-hydrogen) atoms. The van der Waals surface area contributed by atoms with E-state index < -0.39 is 0 Å². The second-order valence-corrected chi connectivity index (χ2v) is 3.81. The second-order valence-electron chi connectivity index (χ2n) is 3.06. The van der Waals surface area contributed by atoms with E-state index in [1.54, 1.807) is 0 Å². The number of imidazole rings is 1. The summed E-state index contributed by atoms with van der Waals surface area (Å²) in [4.78, 5) is 14.8. The third-order valence-electron chi connectivity index (χ3n) is 2.16. The maximum absolute atomic E-state index is 10.5. The number of aromatic nitrogens is 2. The van der Waals surface area contributed by atoms with Crippen LogP contribution in [0.4, 0.5) is 0 Å². The van der Waals surface area contributed by atoms with Crippen LogP contribution in [0.25, 0.3) is 5.52 Å². The van der Waals surface area contributed by atoms with Gasteiger partial charge in [-0.3, -0.25) is 4.40 Å². The minimum atomic E-state index is 0.418. The van der Waals surface area contributed by atoms with Gasteiger partial charge in [0.25, 0.3) is 0 Å². The Balaban J connectivity index is 2.78. The summed E-state index contributed by atoms with van der Waals surface area (Å²) in [6.07, 6.45) is 1.32. The smallest absolute Gasteiger partial charge is 0.132 e. The molecule has 0 radical (unpaired) electrons. The first kappa shape index (κ1) is 9.40. The predicted molar refractivity (Wildman–Crippen MR) is 57.4 cm³/mol. The maximum Gasteiger partial charge on any atom is 0.132 e. The largest absolute Gasteiger partial charge is 0.303 e. The Morgan fingerprint density at radius 2 is 2.36 bits per heavy atom. The van der Waals surface area contributed by atoms with Crippen LogP contribution in [0.15, 0.2) is 22.8 Å². The molecule has 0 N–H and O–H groups in total. The molecule has 0 saturated carbocycles. The number of carbonyl (C=O) groups is 1. The van der Waals surface area contributed by atoms with Gasteiger partial charge in [-0.05, 0) is 35.0 Å². The van der Waals surface area contributed by atoms with Crippen molar-refractivity contribution in [2.75, 3.05) is 0 Å². The lowest BCUT2D eigenvalue weighted by molar-refractivity contribution is -0.107. The van der Waals surface area contributed by atoms with Gasteiger partial charge in [-0.15, -0.1) is 0 Å². The molecule has 2 aromatic rings.